The molecule has 3 rings (SSSR count). The zero-order valence-corrected chi connectivity index (χ0v) is 12.1. The third-order valence-electron chi connectivity index (χ3n) is 3.68. The van der Waals surface area contributed by atoms with E-state index in [-0.39, 0.29) is 11.7 Å². The number of aromatic nitrogens is 2. The Morgan fingerprint density at radius 1 is 1.24 bits per heavy atom. The van der Waals surface area contributed by atoms with E-state index in [1.165, 1.54) is 12.1 Å². The molecular weight excluding hydrogens is 269 g/mol. The fourth-order valence-corrected chi connectivity index (χ4v) is 2.70. The summed E-state index contributed by atoms with van der Waals surface area (Å²) in [5, 5.41) is 0. The number of nitrogens with zero attached hydrogens (tertiary/aromatic N) is 3. The Bertz CT molecular complexity index is 715. The summed E-state index contributed by atoms with van der Waals surface area (Å²) in [5.74, 6) is 1.03. The predicted molar refractivity (Wildman–Crippen MR) is 77.4 cm³/mol. The van der Waals surface area contributed by atoms with Crippen molar-refractivity contribution in [1.29, 1.82) is 0 Å². The molecule has 0 N–H and O–H groups in total. The van der Waals surface area contributed by atoms with Crippen LogP contribution in [-0.2, 0) is 17.8 Å². The van der Waals surface area contributed by atoms with Crippen LogP contribution in [0.3, 0.4) is 0 Å². The average molecular weight is 285 g/mol. The second-order valence-electron chi connectivity index (χ2n) is 5.27. The summed E-state index contributed by atoms with van der Waals surface area (Å²) in [6, 6.07) is 6.30. The van der Waals surface area contributed by atoms with Gasteiger partial charge < -0.3 is 0 Å². The van der Waals surface area contributed by atoms with Crippen LogP contribution in [0.15, 0.2) is 24.3 Å². The second kappa shape index (κ2) is 5.24. The summed E-state index contributed by atoms with van der Waals surface area (Å²) in [6.45, 7) is 4.08. The molecule has 2 aromatic rings. The van der Waals surface area contributed by atoms with Gasteiger partial charge in [0.15, 0.2) is 0 Å². The van der Waals surface area contributed by atoms with Gasteiger partial charge in [-0.25, -0.2) is 14.4 Å². The maximum atomic E-state index is 13.3. The van der Waals surface area contributed by atoms with Gasteiger partial charge in [0.05, 0.1) is 6.54 Å². The first kappa shape index (κ1) is 13.7. The highest BCUT2D eigenvalue weighted by molar-refractivity contribution is 5.95. The van der Waals surface area contributed by atoms with Crippen LogP contribution in [0.1, 0.15) is 29.1 Å². The lowest BCUT2D eigenvalue weighted by atomic mass is 10.0. The minimum absolute atomic E-state index is 0.0178. The third kappa shape index (κ3) is 2.63. The molecule has 0 atom stereocenters. The van der Waals surface area contributed by atoms with Crippen LogP contribution in [0.5, 0.6) is 0 Å². The molecule has 4 nitrogen and oxygen atoms in total. The first-order chi connectivity index (χ1) is 10.0. The number of amides is 1. The van der Waals surface area contributed by atoms with Crippen LogP contribution in [0.4, 0.5) is 10.2 Å². The summed E-state index contributed by atoms with van der Waals surface area (Å²) in [4.78, 5) is 22.7. The Morgan fingerprint density at radius 2 is 2.05 bits per heavy atom. The lowest BCUT2D eigenvalue weighted by Gasteiger charge is -2.29. The molecule has 0 bridgehead atoms. The first-order valence-corrected chi connectivity index (χ1v) is 6.93. The van der Waals surface area contributed by atoms with Crippen LogP contribution < -0.4 is 4.90 Å². The third-order valence-corrected chi connectivity index (χ3v) is 3.68. The van der Waals surface area contributed by atoms with Gasteiger partial charge in [0.25, 0.3) is 0 Å². The van der Waals surface area contributed by atoms with E-state index in [0.29, 0.717) is 31.0 Å². The van der Waals surface area contributed by atoms with Crippen molar-refractivity contribution < 1.29 is 9.18 Å². The van der Waals surface area contributed by atoms with Gasteiger partial charge in [-0.15, -0.1) is 0 Å². The van der Waals surface area contributed by atoms with Gasteiger partial charge in [0.1, 0.15) is 17.5 Å². The predicted octanol–water partition coefficient (Wildman–Crippen LogP) is 2.71. The van der Waals surface area contributed by atoms with Crippen molar-refractivity contribution in [2.24, 2.45) is 0 Å². The molecule has 1 aromatic carbocycles. The van der Waals surface area contributed by atoms with E-state index in [9.17, 15) is 9.18 Å². The molecule has 1 amide bonds. The summed E-state index contributed by atoms with van der Waals surface area (Å²) in [6.07, 6.45) is 1.11. The number of anilines is 1. The van der Waals surface area contributed by atoms with Crippen molar-refractivity contribution in [1.82, 2.24) is 9.97 Å². The van der Waals surface area contributed by atoms with E-state index < -0.39 is 0 Å². The number of carbonyl (C=O) groups is 1. The summed E-state index contributed by atoms with van der Waals surface area (Å²) < 4.78 is 13.3. The Labute approximate surface area is 122 Å². The molecule has 1 aliphatic heterocycles. The standard InChI is InChI=1S/C16H16FN3O/c1-10-14-6-7-15(21)20(16(14)19-11(2)18-10)9-12-4-3-5-13(17)8-12/h3-5,8H,6-7,9H2,1-2H3. The molecule has 0 radical (unpaired) electrons. The fourth-order valence-electron chi connectivity index (χ4n) is 2.70. The van der Waals surface area contributed by atoms with Crippen LogP contribution in [-0.4, -0.2) is 15.9 Å². The highest BCUT2D eigenvalue weighted by atomic mass is 19.1. The number of hydrogen-bond donors (Lipinski definition) is 0. The minimum Gasteiger partial charge on any atom is -0.292 e. The van der Waals surface area contributed by atoms with Crippen molar-refractivity contribution in [3.63, 3.8) is 0 Å². The fraction of sp³-hybridized carbons (Fsp3) is 0.312. The summed E-state index contributed by atoms with van der Waals surface area (Å²) in [5.41, 5.74) is 2.68. The molecule has 0 saturated carbocycles. The van der Waals surface area contributed by atoms with Crippen molar-refractivity contribution >= 4 is 11.7 Å². The molecule has 0 fully saturated rings. The molecule has 0 saturated heterocycles. The number of benzene rings is 1. The lowest BCUT2D eigenvalue weighted by Crippen LogP contribution is -2.36. The molecule has 5 heteroatoms. The first-order valence-electron chi connectivity index (χ1n) is 6.93. The van der Waals surface area contributed by atoms with Crippen molar-refractivity contribution in [2.45, 2.75) is 33.2 Å². The van der Waals surface area contributed by atoms with Gasteiger partial charge in [-0.3, -0.25) is 9.69 Å². The van der Waals surface area contributed by atoms with Crippen LogP contribution >= 0.6 is 0 Å². The van der Waals surface area contributed by atoms with Gasteiger partial charge in [-0.05, 0) is 38.0 Å². The van der Waals surface area contributed by atoms with Crippen molar-refractivity contribution in [2.75, 3.05) is 4.90 Å². The van der Waals surface area contributed by atoms with Crippen LogP contribution in [0.2, 0.25) is 0 Å². The molecule has 2 heterocycles. The number of hydrogen-bond acceptors (Lipinski definition) is 3. The molecule has 1 aromatic heterocycles. The topological polar surface area (TPSA) is 46.1 Å². The normalized spacial score (nSPS) is 14.2. The SMILES string of the molecule is Cc1nc(C)c2c(n1)N(Cc1cccc(F)c1)C(=O)CC2. The Balaban J connectivity index is 2.01. The molecule has 21 heavy (non-hydrogen) atoms. The zero-order chi connectivity index (χ0) is 15.0. The van der Waals surface area contributed by atoms with E-state index in [1.54, 1.807) is 11.0 Å². The molecule has 0 unspecified atom stereocenters. The van der Waals surface area contributed by atoms with E-state index >= 15 is 0 Å². The maximum absolute atomic E-state index is 13.3. The van der Waals surface area contributed by atoms with E-state index in [1.807, 2.05) is 19.9 Å². The Morgan fingerprint density at radius 3 is 2.81 bits per heavy atom. The van der Waals surface area contributed by atoms with Crippen molar-refractivity contribution in [3.05, 3.63) is 52.7 Å². The highest BCUT2D eigenvalue weighted by Crippen LogP contribution is 2.29. The Hall–Kier alpha value is -2.30. The molecule has 0 spiro atoms. The van der Waals surface area contributed by atoms with Gasteiger partial charge in [-0.1, -0.05) is 12.1 Å². The van der Waals surface area contributed by atoms with E-state index in [0.717, 1.165) is 16.8 Å². The lowest BCUT2D eigenvalue weighted by molar-refractivity contribution is -0.119. The minimum atomic E-state index is -0.299. The van der Waals surface area contributed by atoms with Gasteiger partial charge >= 0.3 is 0 Å². The Kier molecular flexibility index (Phi) is 3.41. The summed E-state index contributed by atoms with van der Waals surface area (Å²) in [7, 11) is 0. The van der Waals surface area contributed by atoms with Crippen molar-refractivity contribution in [3.8, 4) is 0 Å². The van der Waals surface area contributed by atoms with Gasteiger partial charge in [0, 0.05) is 17.7 Å². The number of aryl methyl sites for hydroxylation is 2. The second-order valence-corrected chi connectivity index (χ2v) is 5.27. The van der Waals surface area contributed by atoms with E-state index in [4.69, 9.17) is 0 Å². The molecular formula is C16H16FN3O. The molecule has 0 aliphatic carbocycles. The largest absolute Gasteiger partial charge is 0.292 e. The molecule has 108 valence electrons. The number of fused-ring (bicyclic) bond motifs is 1. The molecule has 1 aliphatic rings. The van der Waals surface area contributed by atoms with Crippen LogP contribution in [0, 0.1) is 19.7 Å². The maximum Gasteiger partial charge on any atom is 0.228 e. The van der Waals surface area contributed by atoms with Crippen LogP contribution in [0.25, 0.3) is 0 Å². The quantitative estimate of drug-likeness (QED) is 0.852. The monoisotopic (exact) mass is 285 g/mol. The van der Waals surface area contributed by atoms with E-state index in [2.05, 4.69) is 9.97 Å². The average Bonchev–Trinajstić information content (AvgIpc) is 2.42. The highest BCUT2D eigenvalue weighted by Gasteiger charge is 2.27. The van der Waals surface area contributed by atoms with Gasteiger partial charge in [-0.2, -0.15) is 0 Å². The zero-order valence-electron chi connectivity index (χ0n) is 12.1. The summed E-state index contributed by atoms with van der Waals surface area (Å²) >= 11 is 0. The number of rotatable bonds is 2. The van der Waals surface area contributed by atoms with Gasteiger partial charge in [0.2, 0.25) is 5.91 Å². The number of halogens is 1. The number of carbonyl (C=O) groups excluding carboxylic acids is 1. The smallest absolute Gasteiger partial charge is 0.228 e.